The number of benzene rings is 4. The summed E-state index contributed by atoms with van der Waals surface area (Å²) in [5.41, 5.74) is 0. The van der Waals surface area contributed by atoms with Crippen LogP contribution in [0.1, 0.15) is 13.8 Å². The van der Waals surface area contributed by atoms with Crippen molar-refractivity contribution >= 4 is 44.3 Å². The molecule has 0 heterocycles. The largest absolute Gasteiger partial charge is 0.423 e. The third-order valence-electron chi connectivity index (χ3n) is 4.26. The van der Waals surface area contributed by atoms with E-state index in [1.807, 2.05) is 30.3 Å². The first-order chi connectivity index (χ1) is 12.5. The first kappa shape index (κ1) is 16.1. The second-order valence-electron chi connectivity index (χ2n) is 6.20. The Labute approximate surface area is 149 Å². The minimum atomic E-state index is -0.468. The number of carbonyl (C=O) groups excluding carboxylic acids is 2. The molecule has 0 saturated heterocycles. The zero-order valence-electron chi connectivity index (χ0n) is 14.4. The van der Waals surface area contributed by atoms with Gasteiger partial charge < -0.3 is 9.47 Å². The summed E-state index contributed by atoms with van der Waals surface area (Å²) in [5.74, 6) is -0.436. The van der Waals surface area contributed by atoms with Crippen molar-refractivity contribution < 1.29 is 19.1 Å². The first-order valence-corrected chi connectivity index (χ1v) is 8.27. The van der Waals surface area contributed by atoms with Gasteiger partial charge in [-0.1, -0.05) is 30.3 Å². The number of carbonyl (C=O) groups is 2. The monoisotopic (exact) mass is 344 g/mol. The summed E-state index contributed by atoms with van der Waals surface area (Å²) in [6, 6.07) is 19.9. The average molecular weight is 344 g/mol. The van der Waals surface area contributed by atoms with Gasteiger partial charge in [0.15, 0.2) is 11.5 Å². The molecule has 4 aromatic carbocycles. The van der Waals surface area contributed by atoms with E-state index in [-0.39, 0.29) is 11.5 Å². The second-order valence-corrected chi connectivity index (χ2v) is 6.20. The Morgan fingerprint density at radius 1 is 0.654 bits per heavy atom. The van der Waals surface area contributed by atoms with E-state index in [9.17, 15) is 9.59 Å². The number of ether oxygens (including phenoxy) is 2. The standard InChI is InChI=1S/C22H16O4/c1-13(23)25-21-8-7-17-11-18-9-15-5-3-4-6-16(15)10-19(18)12-20(17)22(21)26-14(2)24/h3-12H,1-2H3. The fraction of sp³-hybridized carbons (Fsp3) is 0.0909. The smallest absolute Gasteiger partial charge is 0.308 e. The zero-order valence-corrected chi connectivity index (χ0v) is 14.4. The van der Waals surface area contributed by atoms with Gasteiger partial charge in [0.05, 0.1) is 0 Å². The summed E-state index contributed by atoms with van der Waals surface area (Å²) >= 11 is 0. The summed E-state index contributed by atoms with van der Waals surface area (Å²) in [6.07, 6.45) is 0. The van der Waals surface area contributed by atoms with Gasteiger partial charge in [0.25, 0.3) is 0 Å². The van der Waals surface area contributed by atoms with Crippen LogP contribution in [0.2, 0.25) is 0 Å². The molecule has 0 N–H and O–H groups in total. The van der Waals surface area contributed by atoms with Gasteiger partial charge in [0.1, 0.15) is 0 Å². The molecule has 0 aliphatic carbocycles. The molecule has 0 aromatic heterocycles. The van der Waals surface area contributed by atoms with E-state index in [0.717, 1.165) is 32.3 Å². The second kappa shape index (κ2) is 6.15. The van der Waals surface area contributed by atoms with Crippen molar-refractivity contribution in [1.82, 2.24) is 0 Å². The molecule has 0 fully saturated rings. The van der Waals surface area contributed by atoms with Crippen LogP contribution in [0.3, 0.4) is 0 Å². The van der Waals surface area contributed by atoms with Gasteiger partial charge in [0, 0.05) is 19.2 Å². The number of hydrogen-bond donors (Lipinski definition) is 0. The van der Waals surface area contributed by atoms with E-state index < -0.39 is 11.9 Å². The number of fused-ring (bicyclic) bond motifs is 3. The lowest BCUT2D eigenvalue weighted by Gasteiger charge is -2.13. The zero-order chi connectivity index (χ0) is 18.3. The lowest BCUT2D eigenvalue weighted by Crippen LogP contribution is -2.07. The lowest BCUT2D eigenvalue weighted by atomic mass is 9.99. The molecule has 0 aliphatic heterocycles. The SMILES string of the molecule is CC(=O)Oc1ccc2cc3cc4ccccc4cc3cc2c1OC(C)=O. The fourth-order valence-electron chi connectivity index (χ4n) is 3.20. The van der Waals surface area contributed by atoms with Gasteiger partial charge in [-0.15, -0.1) is 0 Å². The highest BCUT2D eigenvalue weighted by atomic mass is 16.6. The summed E-state index contributed by atoms with van der Waals surface area (Å²) in [5, 5.41) is 6.03. The molecular weight excluding hydrogens is 328 g/mol. The molecule has 128 valence electrons. The van der Waals surface area contributed by atoms with Crippen LogP contribution in [0, 0.1) is 0 Å². The van der Waals surface area contributed by atoms with Crippen molar-refractivity contribution in [2.24, 2.45) is 0 Å². The van der Waals surface area contributed by atoms with E-state index in [0.29, 0.717) is 0 Å². The minimum Gasteiger partial charge on any atom is -0.423 e. The Morgan fingerprint density at radius 3 is 1.85 bits per heavy atom. The topological polar surface area (TPSA) is 52.6 Å². The molecule has 0 atom stereocenters. The Bertz CT molecular complexity index is 1190. The van der Waals surface area contributed by atoms with Crippen LogP contribution >= 0.6 is 0 Å². The Morgan fingerprint density at radius 2 is 1.23 bits per heavy atom. The maximum atomic E-state index is 11.6. The maximum Gasteiger partial charge on any atom is 0.308 e. The van der Waals surface area contributed by atoms with E-state index in [1.54, 1.807) is 6.07 Å². The molecular formula is C22H16O4. The molecule has 0 radical (unpaired) electrons. The van der Waals surface area contributed by atoms with Crippen LogP contribution in [0.4, 0.5) is 0 Å². The highest BCUT2D eigenvalue weighted by molar-refractivity contribution is 6.07. The molecule has 0 bridgehead atoms. The molecule has 4 rings (SSSR count). The first-order valence-electron chi connectivity index (χ1n) is 8.27. The lowest BCUT2D eigenvalue weighted by molar-refractivity contribution is -0.134. The number of esters is 2. The van der Waals surface area contributed by atoms with Gasteiger partial charge in [-0.25, -0.2) is 0 Å². The third-order valence-corrected chi connectivity index (χ3v) is 4.26. The van der Waals surface area contributed by atoms with Gasteiger partial charge >= 0.3 is 11.9 Å². The maximum absolute atomic E-state index is 11.6. The van der Waals surface area contributed by atoms with Gasteiger partial charge in [0.2, 0.25) is 0 Å². The molecule has 26 heavy (non-hydrogen) atoms. The highest BCUT2D eigenvalue weighted by Gasteiger charge is 2.15. The molecule has 0 saturated carbocycles. The Kier molecular flexibility index (Phi) is 3.81. The van der Waals surface area contributed by atoms with Crippen molar-refractivity contribution in [1.29, 1.82) is 0 Å². The molecule has 4 nitrogen and oxygen atoms in total. The van der Waals surface area contributed by atoms with E-state index >= 15 is 0 Å². The summed E-state index contributed by atoms with van der Waals surface area (Å²) in [7, 11) is 0. The summed E-state index contributed by atoms with van der Waals surface area (Å²) < 4.78 is 10.6. The number of rotatable bonds is 2. The van der Waals surface area contributed by atoms with Crippen LogP contribution in [0.15, 0.2) is 60.7 Å². The van der Waals surface area contributed by atoms with Crippen molar-refractivity contribution in [3.8, 4) is 11.5 Å². The summed E-state index contributed by atoms with van der Waals surface area (Å²) in [6.45, 7) is 2.64. The van der Waals surface area contributed by atoms with Gasteiger partial charge in [-0.2, -0.15) is 0 Å². The fourth-order valence-corrected chi connectivity index (χ4v) is 3.20. The highest BCUT2D eigenvalue weighted by Crippen LogP contribution is 2.38. The Balaban J connectivity index is 2.03. The van der Waals surface area contributed by atoms with Crippen LogP contribution < -0.4 is 9.47 Å². The van der Waals surface area contributed by atoms with Crippen LogP contribution in [0.5, 0.6) is 11.5 Å². The molecule has 0 aliphatic rings. The van der Waals surface area contributed by atoms with Gasteiger partial charge in [-0.3, -0.25) is 9.59 Å². The Hall–Kier alpha value is -3.40. The molecule has 0 spiro atoms. The van der Waals surface area contributed by atoms with Crippen molar-refractivity contribution in [2.75, 3.05) is 0 Å². The normalized spacial score (nSPS) is 11.0. The van der Waals surface area contributed by atoms with E-state index in [2.05, 4.69) is 24.3 Å². The van der Waals surface area contributed by atoms with Crippen LogP contribution in [-0.4, -0.2) is 11.9 Å². The van der Waals surface area contributed by atoms with Crippen molar-refractivity contribution in [2.45, 2.75) is 13.8 Å². The average Bonchev–Trinajstić information content (AvgIpc) is 2.60. The van der Waals surface area contributed by atoms with Crippen molar-refractivity contribution in [3.05, 3.63) is 60.7 Å². The molecule has 0 amide bonds. The van der Waals surface area contributed by atoms with E-state index in [4.69, 9.17) is 9.47 Å². The minimum absolute atomic E-state index is 0.236. The predicted octanol–water partition coefficient (Wildman–Crippen LogP) is 5.00. The van der Waals surface area contributed by atoms with Crippen molar-refractivity contribution in [3.63, 3.8) is 0 Å². The molecule has 4 aromatic rings. The van der Waals surface area contributed by atoms with Crippen LogP contribution in [0.25, 0.3) is 32.3 Å². The third kappa shape index (κ3) is 2.86. The molecule has 0 unspecified atom stereocenters. The van der Waals surface area contributed by atoms with E-state index in [1.165, 1.54) is 13.8 Å². The van der Waals surface area contributed by atoms with Crippen LogP contribution in [-0.2, 0) is 9.59 Å². The quantitative estimate of drug-likeness (QED) is 0.292. The number of hydrogen-bond acceptors (Lipinski definition) is 4. The predicted molar refractivity (Wildman–Crippen MR) is 102 cm³/mol. The molecule has 4 heteroatoms. The van der Waals surface area contributed by atoms with Gasteiger partial charge in [-0.05, 0) is 57.3 Å². The summed E-state index contributed by atoms with van der Waals surface area (Å²) in [4.78, 5) is 23.0.